The first-order valence-electron chi connectivity index (χ1n) is 13.2. The molecule has 0 radical (unpaired) electrons. The first-order valence-corrected chi connectivity index (χ1v) is 13.2. The van der Waals surface area contributed by atoms with E-state index in [1.807, 2.05) is 60.7 Å². The fourth-order valence-electron chi connectivity index (χ4n) is 6.59. The van der Waals surface area contributed by atoms with Crippen LogP contribution in [0.15, 0.2) is 84.6 Å². The number of benzene rings is 3. The Balaban J connectivity index is 1.07. The van der Waals surface area contributed by atoms with Gasteiger partial charge in [0.2, 0.25) is 0 Å². The van der Waals surface area contributed by atoms with E-state index >= 15 is 0 Å². The Labute approximate surface area is 228 Å². The van der Waals surface area contributed by atoms with Gasteiger partial charge in [-0.15, -0.1) is 0 Å². The molecule has 0 bridgehead atoms. The topological polar surface area (TPSA) is 107 Å². The SMILES string of the molecule is COc1ccc2c(c1)[C@@]13C[C@@H]1CN(C(=O)c1cc4cc(NC(=O)c5cc6ccccc6[nH]5)ccc4[nH]1)C3=CC2=O. The molecule has 2 aromatic heterocycles. The van der Waals surface area contributed by atoms with Gasteiger partial charge in [-0.2, -0.15) is 0 Å². The molecule has 2 fully saturated rings. The second kappa shape index (κ2) is 7.95. The van der Waals surface area contributed by atoms with Crippen LogP contribution in [0.5, 0.6) is 5.75 Å². The molecule has 5 aromatic rings. The van der Waals surface area contributed by atoms with Crippen molar-refractivity contribution in [2.75, 3.05) is 19.0 Å². The number of piperidine rings is 1. The summed E-state index contributed by atoms with van der Waals surface area (Å²) in [4.78, 5) is 47.8. The molecule has 8 nitrogen and oxygen atoms in total. The van der Waals surface area contributed by atoms with Crippen molar-refractivity contribution in [3.63, 3.8) is 0 Å². The average molecular weight is 529 g/mol. The number of carbonyl (C=O) groups excluding carboxylic acids is 3. The molecule has 1 aliphatic heterocycles. The number of anilines is 1. The van der Waals surface area contributed by atoms with Crippen LogP contribution >= 0.6 is 0 Å². The van der Waals surface area contributed by atoms with E-state index in [0.29, 0.717) is 34.9 Å². The fourth-order valence-corrected chi connectivity index (χ4v) is 6.59. The molecule has 1 spiro atoms. The van der Waals surface area contributed by atoms with Crippen molar-refractivity contribution >= 4 is 45.1 Å². The summed E-state index contributed by atoms with van der Waals surface area (Å²) in [5.74, 6) is 0.486. The highest BCUT2D eigenvalue weighted by Gasteiger charge is 2.67. The van der Waals surface area contributed by atoms with Crippen molar-refractivity contribution in [2.45, 2.75) is 11.8 Å². The molecule has 2 aliphatic carbocycles. The maximum atomic E-state index is 13.8. The quantitative estimate of drug-likeness (QED) is 0.290. The number of hydrogen-bond acceptors (Lipinski definition) is 4. The summed E-state index contributed by atoms with van der Waals surface area (Å²) >= 11 is 0. The van der Waals surface area contributed by atoms with Gasteiger partial charge in [0, 0.05) is 56.8 Å². The van der Waals surface area contributed by atoms with Crippen LogP contribution in [0.3, 0.4) is 0 Å². The zero-order valence-corrected chi connectivity index (χ0v) is 21.6. The average Bonchev–Trinajstić information content (AvgIpc) is 3.27. The van der Waals surface area contributed by atoms with Crippen LogP contribution in [0.25, 0.3) is 21.8 Å². The Hall–Kier alpha value is -5.11. The van der Waals surface area contributed by atoms with Gasteiger partial charge < -0.3 is 24.9 Å². The minimum absolute atomic E-state index is 0.0874. The number of carbonyl (C=O) groups is 3. The number of amides is 2. The number of ether oxygens (including phenoxy) is 1. The number of fused-ring (bicyclic) bond motifs is 3. The van der Waals surface area contributed by atoms with Gasteiger partial charge in [0.05, 0.1) is 7.11 Å². The van der Waals surface area contributed by atoms with Crippen LogP contribution in [-0.4, -0.2) is 46.1 Å². The number of nitrogens with one attached hydrogen (secondary N) is 3. The summed E-state index contributed by atoms with van der Waals surface area (Å²) in [7, 11) is 1.62. The van der Waals surface area contributed by atoms with Gasteiger partial charge in [-0.25, -0.2) is 0 Å². The second-order valence-corrected chi connectivity index (χ2v) is 10.8. The number of allylic oxidation sites excluding steroid dienone is 2. The standard InChI is InChI=1S/C32H24N4O4/c1-40-21-7-8-22-23(13-21)32-15-19(32)16-36(29(32)14-28(22)37)31(39)27-12-18-10-20(6-9-25(18)35-27)33-30(38)26-11-17-4-2-3-5-24(17)34-26/h2-14,19,34-35H,15-16H2,1H3,(H,33,38)/t19-,32-/m1/s1. The van der Waals surface area contributed by atoms with E-state index in [9.17, 15) is 14.4 Å². The van der Waals surface area contributed by atoms with E-state index in [1.165, 1.54) is 0 Å². The lowest BCUT2D eigenvalue weighted by Gasteiger charge is -2.29. The van der Waals surface area contributed by atoms with Crippen molar-refractivity contribution in [3.8, 4) is 5.75 Å². The smallest absolute Gasteiger partial charge is 0.274 e. The van der Waals surface area contributed by atoms with Crippen LogP contribution < -0.4 is 10.1 Å². The first-order chi connectivity index (χ1) is 19.4. The predicted molar refractivity (Wildman–Crippen MR) is 151 cm³/mol. The largest absolute Gasteiger partial charge is 0.497 e. The summed E-state index contributed by atoms with van der Waals surface area (Å²) in [6, 6.07) is 22.4. The minimum Gasteiger partial charge on any atom is -0.497 e. The zero-order valence-electron chi connectivity index (χ0n) is 21.6. The molecular formula is C32H24N4O4. The monoisotopic (exact) mass is 528 g/mol. The van der Waals surface area contributed by atoms with Crippen molar-refractivity contribution in [2.24, 2.45) is 5.92 Å². The van der Waals surface area contributed by atoms with Crippen molar-refractivity contribution in [1.82, 2.24) is 14.9 Å². The fraction of sp³-hybridized carbons (Fsp3) is 0.156. The third kappa shape index (κ3) is 3.16. The van der Waals surface area contributed by atoms with Crippen LogP contribution in [-0.2, 0) is 5.41 Å². The Morgan fingerprint density at radius 2 is 1.75 bits per heavy atom. The summed E-state index contributed by atoms with van der Waals surface area (Å²) in [5.41, 5.74) is 5.35. The Kier molecular flexibility index (Phi) is 4.54. The Bertz CT molecular complexity index is 1930. The third-order valence-corrected chi connectivity index (χ3v) is 8.63. The number of para-hydroxylation sites is 1. The minimum atomic E-state index is -0.306. The van der Waals surface area contributed by atoms with E-state index in [0.717, 1.165) is 39.5 Å². The van der Waals surface area contributed by atoms with Crippen molar-refractivity contribution < 1.29 is 19.1 Å². The van der Waals surface area contributed by atoms with E-state index in [4.69, 9.17) is 4.74 Å². The highest BCUT2D eigenvalue weighted by atomic mass is 16.5. The zero-order chi connectivity index (χ0) is 27.2. The second-order valence-electron chi connectivity index (χ2n) is 10.8. The molecular weight excluding hydrogens is 504 g/mol. The molecule has 2 amide bonds. The lowest BCUT2D eigenvalue weighted by atomic mass is 9.81. The summed E-state index contributed by atoms with van der Waals surface area (Å²) in [6.45, 7) is 0.565. The number of H-pyrrole nitrogens is 2. The van der Waals surface area contributed by atoms with Crippen molar-refractivity contribution in [3.05, 3.63) is 107 Å². The predicted octanol–water partition coefficient (Wildman–Crippen LogP) is 5.40. The molecule has 2 atom stereocenters. The highest BCUT2D eigenvalue weighted by Crippen LogP contribution is 2.67. The van der Waals surface area contributed by atoms with Crippen LogP contribution in [0.1, 0.15) is 43.3 Å². The van der Waals surface area contributed by atoms with Gasteiger partial charge in [0.15, 0.2) is 5.78 Å². The lowest BCUT2D eigenvalue weighted by molar-refractivity contribution is 0.0806. The van der Waals surface area contributed by atoms with E-state index in [2.05, 4.69) is 15.3 Å². The van der Waals surface area contributed by atoms with Crippen LogP contribution in [0.2, 0.25) is 0 Å². The molecule has 3 aromatic carbocycles. The van der Waals surface area contributed by atoms with Gasteiger partial charge in [-0.1, -0.05) is 18.2 Å². The van der Waals surface area contributed by atoms with Crippen LogP contribution in [0.4, 0.5) is 5.69 Å². The number of nitrogens with zero attached hydrogens (tertiary/aromatic N) is 1. The Morgan fingerprint density at radius 1 is 0.950 bits per heavy atom. The van der Waals surface area contributed by atoms with Gasteiger partial charge in [-0.05, 0) is 72.5 Å². The molecule has 1 saturated carbocycles. The maximum absolute atomic E-state index is 13.8. The highest BCUT2D eigenvalue weighted by molar-refractivity contribution is 6.10. The molecule has 0 unspecified atom stereocenters. The summed E-state index contributed by atoms with van der Waals surface area (Å²) in [5, 5.41) is 4.71. The normalized spacial score (nSPS) is 20.6. The summed E-state index contributed by atoms with van der Waals surface area (Å²) < 4.78 is 5.43. The first kappa shape index (κ1) is 22.8. The van der Waals surface area contributed by atoms with Crippen LogP contribution in [0, 0.1) is 5.92 Å². The van der Waals surface area contributed by atoms with Gasteiger partial charge in [-0.3, -0.25) is 14.4 Å². The number of hydrogen-bond donors (Lipinski definition) is 3. The molecule has 8 heteroatoms. The number of aromatic nitrogens is 2. The summed E-state index contributed by atoms with van der Waals surface area (Å²) in [6.07, 6.45) is 2.56. The third-order valence-electron chi connectivity index (χ3n) is 8.63. The number of rotatable bonds is 4. The van der Waals surface area contributed by atoms with Gasteiger partial charge in [0.1, 0.15) is 17.1 Å². The number of ketones is 1. The Morgan fingerprint density at radius 3 is 2.60 bits per heavy atom. The van der Waals surface area contributed by atoms with Gasteiger partial charge in [0.25, 0.3) is 11.8 Å². The number of likely N-dealkylation sites (tertiary alicyclic amines) is 1. The molecule has 8 rings (SSSR count). The lowest BCUT2D eigenvalue weighted by Crippen LogP contribution is -2.33. The number of aromatic amines is 2. The molecule has 40 heavy (non-hydrogen) atoms. The molecule has 3 heterocycles. The van der Waals surface area contributed by atoms with E-state index in [1.54, 1.807) is 30.2 Å². The molecule has 3 N–H and O–H groups in total. The number of methoxy groups -OCH3 is 1. The molecule has 3 aliphatic rings. The van der Waals surface area contributed by atoms with E-state index in [-0.39, 0.29) is 28.9 Å². The molecule has 1 saturated heterocycles. The molecule has 196 valence electrons. The van der Waals surface area contributed by atoms with Crippen molar-refractivity contribution in [1.29, 1.82) is 0 Å². The van der Waals surface area contributed by atoms with Gasteiger partial charge >= 0.3 is 0 Å². The maximum Gasteiger partial charge on any atom is 0.274 e. The van der Waals surface area contributed by atoms with E-state index < -0.39 is 0 Å².